The van der Waals surface area contributed by atoms with Gasteiger partial charge in [-0.1, -0.05) is 43.7 Å². The van der Waals surface area contributed by atoms with E-state index in [9.17, 15) is 9.59 Å². The van der Waals surface area contributed by atoms with Crippen molar-refractivity contribution < 1.29 is 0 Å². The molecule has 0 N–H and O–H groups in total. The molecule has 3 heterocycles. The van der Waals surface area contributed by atoms with Crippen LogP contribution in [0.5, 0.6) is 0 Å². The van der Waals surface area contributed by atoms with E-state index in [-0.39, 0.29) is 11.2 Å². The lowest BCUT2D eigenvalue weighted by molar-refractivity contribution is 0.131. The van der Waals surface area contributed by atoms with Gasteiger partial charge in [-0.05, 0) is 37.8 Å². The van der Waals surface area contributed by atoms with Crippen LogP contribution in [0.25, 0.3) is 11.2 Å². The highest BCUT2D eigenvalue weighted by Crippen LogP contribution is 2.23. The van der Waals surface area contributed by atoms with Crippen molar-refractivity contribution in [2.75, 3.05) is 6.54 Å². The molecule has 1 aromatic carbocycles. The Labute approximate surface area is 176 Å². The molecule has 0 unspecified atom stereocenters. The van der Waals surface area contributed by atoms with Crippen molar-refractivity contribution in [3.05, 3.63) is 62.6 Å². The van der Waals surface area contributed by atoms with Crippen molar-refractivity contribution in [3.63, 3.8) is 0 Å². The van der Waals surface area contributed by atoms with E-state index in [1.54, 1.807) is 7.05 Å². The minimum absolute atomic E-state index is 0.273. The van der Waals surface area contributed by atoms with Gasteiger partial charge in [-0.3, -0.25) is 18.8 Å². The fourth-order valence-electron chi connectivity index (χ4n) is 4.65. The number of aromatic nitrogens is 4. The number of rotatable bonds is 6. The third-order valence-corrected chi connectivity index (χ3v) is 6.46. The molecule has 0 aliphatic carbocycles. The Morgan fingerprint density at radius 1 is 1.07 bits per heavy atom. The molecule has 7 nitrogen and oxygen atoms in total. The predicted molar refractivity (Wildman–Crippen MR) is 119 cm³/mol. The largest absolute Gasteiger partial charge is 0.332 e. The van der Waals surface area contributed by atoms with Crippen LogP contribution in [0.1, 0.15) is 44.0 Å². The first-order valence-corrected chi connectivity index (χ1v) is 10.9. The number of imidazole rings is 1. The minimum Gasteiger partial charge on any atom is -0.321 e. The molecular weight excluding hydrogens is 378 g/mol. The lowest BCUT2D eigenvalue weighted by Crippen LogP contribution is -2.39. The van der Waals surface area contributed by atoms with Crippen LogP contribution in [-0.2, 0) is 33.6 Å². The van der Waals surface area contributed by atoms with Crippen molar-refractivity contribution in [1.29, 1.82) is 0 Å². The van der Waals surface area contributed by atoms with Crippen LogP contribution in [0.15, 0.2) is 39.9 Å². The Bertz CT molecular complexity index is 1140. The summed E-state index contributed by atoms with van der Waals surface area (Å²) in [6.07, 6.45) is 5.60. The van der Waals surface area contributed by atoms with Gasteiger partial charge < -0.3 is 4.57 Å². The molecule has 30 heavy (non-hydrogen) atoms. The fourth-order valence-corrected chi connectivity index (χ4v) is 4.65. The molecule has 0 bridgehead atoms. The number of nitrogens with zero attached hydrogens (tertiary/aromatic N) is 5. The van der Waals surface area contributed by atoms with Gasteiger partial charge in [0.05, 0.1) is 6.54 Å². The summed E-state index contributed by atoms with van der Waals surface area (Å²) in [5.74, 6) is 0.875. The Morgan fingerprint density at radius 3 is 2.57 bits per heavy atom. The number of piperidine rings is 1. The number of hydrogen-bond acceptors (Lipinski definition) is 4. The number of benzene rings is 1. The van der Waals surface area contributed by atoms with E-state index >= 15 is 0 Å². The number of aryl methyl sites for hydroxylation is 3. The maximum Gasteiger partial charge on any atom is 0.332 e. The van der Waals surface area contributed by atoms with E-state index < -0.39 is 0 Å². The fraction of sp³-hybridized carbons (Fsp3) is 0.522. The summed E-state index contributed by atoms with van der Waals surface area (Å²) in [7, 11) is 3.23. The predicted octanol–water partition coefficient (Wildman–Crippen LogP) is 2.44. The zero-order valence-corrected chi connectivity index (χ0v) is 18.2. The molecule has 7 heteroatoms. The molecule has 4 rings (SSSR count). The van der Waals surface area contributed by atoms with Crippen molar-refractivity contribution in [2.24, 2.45) is 14.1 Å². The zero-order valence-electron chi connectivity index (χ0n) is 18.2. The summed E-state index contributed by atoms with van der Waals surface area (Å²) >= 11 is 0. The van der Waals surface area contributed by atoms with E-state index in [1.807, 2.05) is 22.8 Å². The Balaban J connectivity index is 1.79. The summed E-state index contributed by atoms with van der Waals surface area (Å²) < 4.78 is 4.72. The molecular formula is C23H31N5O2. The number of hydrogen-bond donors (Lipinski definition) is 0. The lowest BCUT2D eigenvalue weighted by atomic mass is 10.00. The van der Waals surface area contributed by atoms with Crippen LogP contribution in [0.3, 0.4) is 0 Å². The lowest BCUT2D eigenvalue weighted by Gasteiger charge is -2.34. The highest BCUT2D eigenvalue weighted by atomic mass is 16.2. The second kappa shape index (κ2) is 8.60. The second-order valence-corrected chi connectivity index (χ2v) is 8.32. The highest BCUT2D eigenvalue weighted by Gasteiger charge is 2.25. The Kier molecular flexibility index (Phi) is 5.90. The van der Waals surface area contributed by atoms with Gasteiger partial charge >= 0.3 is 5.69 Å². The van der Waals surface area contributed by atoms with Crippen molar-refractivity contribution in [2.45, 2.75) is 58.2 Å². The standard InChI is InChI=1S/C23H31N5O2/c1-4-18-12-8-9-14-27(18)16-19-24-21-20(22(29)26(3)23(30)25(21)2)28(19)15-13-17-10-6-5-7-11-17/h5-7,10-11,18H,4,8-9,12-16H2,1-3H3/t18-/m0/s1. The van der Waals surface area contributed by atoms with E-state index in [1.165, 1.54) is 41.0 Å². The van der Waals surface area contributed by atoms with Crippen LogP contribution in [-0.4, -0.2) is 36.2 Å². The van der Waals surface area contributed by atoms with E-state index in [4.69, 9.17) is 4.98 Å². The first kappa shape index (κ1) is 20.6. The van der Waals surface area contributed by atoms with Crippen molar-refractivity contribution in [3.8, 4) is 0 Å². The van der Waals surface area contributed by atoms with Crippen LogP contribution in [0.4, 0.5) is 0 Å². The monoisotopic (exact) mass is 409 g/mol. The number of likely N-dealkylation sites (tertiary alicyclic amines) is 1. The smallest absolute Gasteiger partial charge is 0.321 e. The molecule has 1 saturated heterocycles. The maximum atomic E-state index is 13.0. The van der Waals surface area contributed by atoms with Gasteiger partial charge in [0.25, 0.3) is 5.56 Å². The molecule has 160 valence electrons. The molecule has 0 saturated carbocycles. The van der Waals surface area contributed by atoms with E-state index in [2.05, 4.69) is 24.0 Å². The van der Waals surface area contributed by atoms with Gasteiger partial charge in [-0.15, -0.1) is 0 Å². The maximum absolute atomic E-state index is 13.0. The normalized spacial score (nSPS) is 17.6. The third kappa shape index (κ3) is 3.74. The number of fused-ring (bicyclic) bond motifs is 1. The summed E-state index contributed by atoms with van der Waals surface area (Å²) in [5.41, 5.74) is 1.62. The van der Waals surface area contributed by atoms with Crippen LogP contribution < -0.4 is 11.2 Å². The van der Waals surface area contributed by atoms with Gasteiger partial charge in [-0.2, -0.15) is 0 Å². The molecule has 0 radical (unpaired) electrons. The molecule has 1 atom stereocenters. The summed E-state index contributed by atoms with van der Waals surface area (Å²) in [5, 5.41) is 0. The quantitative estimate of drug-likeness (QED) is 0.627. The zero-order chi connectivity index (χ0) is 21.3. The van der Waals surface area contributed by atoms with Gasteiger partial charge in [0, 0.05) is 26.7 Å². The molecule has 2 aromatic heterocycles. The molecule has 3 aromatic rings. The second-order valence-electron chi connectivity index (χ2n) is 8.32. The average Bonchev–Trinajstić information content (AvgIpc) is 3.14. The van der Waals surface area contributed by atoms with Gasteiger partial charge in [0.15, 0.2) is 11.2 Å². The minimum atomic E-state index is -0.337. The molecule has 1 aliphatic heterocycles. The van der Waals surface area contributed by atoms with Crippen LogP contribution in [0.2, 0.25) is 0 Å². The molecule has 1 fully saturated rings. The summed E-state index contributed by atoms with van der Waals surface area (Å²) in [6, 6.07) is 10.8. The third-order valence-electron chi connectivity index (χ3n) is 6.46. The highest BCUT2D eigenvalue weighted by molar-refractivity contribution is 5.71. The van der Waals surface area contributed by atoms with Crippen LogP contribution >= 0.6 is 0 Å². The molecule has 0 spiro atoms. The van der Waals surface area contributed by atoms with Crippen molar-refractivity contribution >= 4 is 11.2 Å². The summed E-state index contributed by atoms with van der Waals surface area (Å²) in [4.78, 5) is 32.8. The van der Waals surface area contributed by atoms with Crippen LogP contribution in [0, 0.1) is 0 Å². The average molecular weight is 410 g/mol. The molecule has 1 aliphatic rings. The first-order valence-electron chi connectivity index (χ1n) is 10.9. The molecule has 0 amide bonds. The summed E-state index contributed by atoms with van der Waals surface area (Å²) in [6.45, 7) is 4.66. The van der Waals surface area contributed by atoms with Gasteiger partial charge in [-0.25, -0.2) is 9.78 Å². The van der Waals surface area contributed by atoms with E-state index in [0.29, 0.717) is 30.3 Å². The van der Waals surface area contributed by atoms with Gasteiger partial charge in [0.2, 0.25) is 0 Å². The first-order chi connectivity index (χ1) is 14.5. The topological polar surface area (TPSA) is 65.1 Å². The Morgan fingerprint density at radius 2 is 1.83 bits per heavy atom. The van der Waals surface area contributed by atoms with Crippen molar-refractivity contribution in [1.82, 2.24) is 23.6 Å². The Hall–Kier alpha value is -2.67. The van der Waals surface area contributed by atoms with Gasteiger partial charge in [0.1, 0.15) is 5.82 Å². The SMILES string of the molecule is CC[C@H]1CCCCN1Cc1nc2c(c(=O)n(C)c(=O)n2C)n1CCc1ccccc1. The van der Waals surface area contributed by atoms with E-state index in [0.717, 1.165) is 25.2 Å².